The Morgan fingerprint density at radius 1 is 1.22 bits per heavy atom. The van der Waals surface area contributed by atoms with Crippen molar-refractivity contribution < 1.29 is 4.79 Å². The minimum Gasteiger partial charge on any atom is -0.373 e. The third-order valence-electron chi connectivity index (χ3n) is 3.91. The van der Waals surface area contributed by atoms with Crippen LogP contribution in [0.5, 0.6) is 0 Å². The molecule has 2 aromatic rings. The van der Waals surface area contributed by atoms with Crippen molar-refractivity contribution in [2.45, 2.75) is 33.6 Å². The number of carbonyl (C=O) groups is 1. The number of nitrogens with one attached hydrogen (secondary N) is 1. The first-order valence-corrected chi connectivity index (χ1v) is 8.07. The Bertz CT molecular complexity index is 665. The summed E-state index contributed by atoms with van der Waals surface area (Å²) in [6, 6.07) is 9.73. The fourth-order valence-corrected chi connectivity index (χ4v) is 2.33. The Kier molecular flexibility index (Phi) is 5.74. The van der Waals surface area contributed by atoms with E-state index < -0.39 is 0 Å². The van der Waals surface area contributed by atoms with Crippen molar-refractivity contribution in [2.75, 3.05) is 23.8 Å². The molecule has 0 aliphatic rings. The van der Waals surface area contributed by atoms with Gasteiger partial charge in [0.05, 0.1) is 11.9 Å². The molecular weight excluding hydrogens is 286 g/mol. The molecule has 0 unspecified atom stereocenters. The number of unbranched alkanes of at least 4 members (excludes halogenated alkanes) is 1. The van der Waals surface area contributed by atoms with Crippen molar-refractivity contribution in [3.63, 3.8) is 0 Å². The summed E-state index contributed by atoms with van der Waals surface area (Å²) in [7, 11) is 2.04. The fourth-order valence-electron chi connectivity index (χ4n) is 2.33. The third kappa shape index (κ3) is 4.55. The lowest BCUT2D eigenvalue weighted by atomic mass is 10.1. The van der Waals surface area contributed by atoms with E-state index in [9.17, 15) is 4.79 Å². The van der Waals surface area contributed by atoms with Gasteiger partial charge in [0, 0.05) is 19.3 Å². The standard InChI is InChI=1S/C19H25N3O/c1-5-6-11-22(4)16-9-10-17(20-13-16)19(23)21-18-12-14(2)7-8-15(18)3/h7-10,12-13H,5-6,11H2,1-4H3,(H,21,23). The highest BCUT2D eigenvalue weighted by atomic mass is 16.1. The second-order valence-electron chi connectivity index (χ2n) is 5.95. The van der Waals surface area contributed by atoms with Gasteiger partial charge in [0.2, 0.25) is 0 Å². The molecule has 0 saturated carbocycles. The second kappa shape index (κ2) is 7.77. The Hall–Kier alpha value is -2.36. The fraction of sp³-hybridized carbons (Fsp3) is 0.368. The monoisotopic (exact) mass is 311 g/mol. The van der Waals surface area contributed by atoms with Crippen molar-refractivity contribution in [3.05, 3.63) is 53.3 Å². The summed E-state index contributed by atoms with van der Waals surface area (Å²) in [6.07, 6.45) is 4.06. The van der Waals surface area contributed by atoms with Crippen LogP contribution in [0.25, 0.3) is 0 Å². The Balaban J connectivity index is 2.07. The summed E-state index contributed by atoms with van der Waals surface area (Å²) in [5, 5.41) is 2.94. The zero-order chi connectivity index (χ0) is 16.8. The SMILES string of the molecule is CCCCN(C)c1ccc(C(=O)Nc2cc(C)ccc2C)nc1. The molecular formula is C19H25N3O. The van der Waals surface area contributed by atoms with Crippen LogP contribution < -0.4 is 10.2 Å². The highest BCUT2D eigenvalue weighted by Gasteiger charge is 2.10. The second-order valence-corrected chi connectivity index (χ2v) is 5.95. The summed E-state index contributed by atoms with van der Waals surface area (Å²) in [6.45, 7) is 7.15. The maximum absolute atomic E-state index is 12.3. The van der Waals surface area contributed by atoms with Crippen molar-refractivity contribution in [2.24, 2.45) is 0 Å². The van der Waals surface area contributed by atoms with Gasteiger partial charge in [-0.2, -0.15) is 0 Å². The third-order valence-corrected chi connectivity index (χ3v) is 3.91. The number of rotatable bonds is 6. The lowest BCUT2D eigenvalue weighted by molar-refractivity contribution is 0.102. The molecule has 4 heteroatoms. The van der Waals surface area contributed by atoms with E-state index in [1.54, 1.807) is 12.3 Å². The molecule has 0 bridgehead atoms. The largest absolute Gasteiger partial charge is 0.373 e. The molecule has 1 heterocycles. The van der Waals surface area contributed by atoms with E-state index in [1.807, 2.05) is 45.2 Å². The summed E-state index contributed by atoms with van der Waals surface area (Å²) in [4.78, 5) is 18.8. The molecule has 122 valence electrons. The molecule has 1 amide bonds. The molecule has 4 nitrogen and oxygen atoms in total. The van der Waals surface area contributed by atoms with Gasteiger partial charge in [0.15, 0.2) is 0 Å². The van der Waals surface area contributed by atoms with Gasteiger partial charge < -0.3 is 10.2 Å². The number of aromatic nitrogens is 1. The van der Waals surface area contributed by atoms with E-state index in [0.29, 0.717) is 5.69 Å². The summed E-state index contributed by atoms with van der Waals surface area (Å²) in [5.41, 5.74) is 4.45. The van der Waals surface area contributed by atoms with E-state index >= 15 is 0 Å². The summed E-state index contributed by atoms with van der Waals surface area (Å²) >= 11 is 0. The predicted octanol–water partition coefficient (Wildman–Crippen LogP) is 4.19. The van der Waals surface area contributed by atoms with Gasteiger partial charge in [-0.15, -0.1) is 0 Å². The van der Waals surface area contributed by atoms with Gasteiger partial charge in [-0.25, -0.2) is 4.98 Å². The molecule has 2 rings (SSSR count). The first-order chi connectivity index (χ1) is 11.0. The average molecular weight is 311 g/mol. The highest BCUT2D eigenvalue weighted by molar-refractivity contribution is 6.03. The van der Waals surface area contributed by atoms with Crippen LogP contribution in [0.4, 0.5) is 11.4 Å². The predicted molar refractivity (Wildman–Crippen MR) is 96.3 cm³/mol. The topological polar surface area (TPSA) is 45.2 Å². The van der Waals surface area contributed by atoms with Crippen LogP contribution in [0.15, 0.2) is 36.5 Å². The molecule has 0 aliphatic heterocycles. The molecule has 0 radical (unpaired) electrons. The van der Waals surface area contributed by atoms with E-state index in [2.05, 4.69) is 22.1 Å². The number of carbonyl (C=O) groups excluding carboxylic acids is 1. The van der Waals surface area contributed by atoms with Gasteiger partial charge in [-0.05, 0) is 49.6 Å². The molecule has 0 saturated heterocycles. The van der Waals surface area contributed by atoms with Crippen LogP contribution in [-0.2, 0) is 0 Å². The minimum absolute atomic E-state index is 0.179. The van der Waals surface area contributed by atoms with Crippen molar-refractivity contribution in [3.8, 4) is 0 Å². The Labute approximate surface area is 138 Å². The van der Waals surface area contributed by atoms with Crippen molar-refractivity contribution in [1.82, 2.24) is 4.98 Å². The van der Waals surface area contributed by atoms with Crippen molar-refractivity contribution in [1.29, 1.82) is 0 Å². The number of hydrogen-bond acceptors (Lipinski definition) is 3. The lowest BCUT2D eigenvalue weighted by Gasteiger charge is -2.18. The minimum atomic E-state index is -0.179. The highest BCUT2D eigenvalue weighted by Crippen LogP contribution is 2.18. The molecule has 0 fully saturated rings. The van der Waals surface area contributed by atoms with Gasteiger partial charge in [0.25, 0.3) is 5.91 Å². The van der Waals surface area contributed by atoms with E-state index in [0.717, 1.165) is 41.9 Å². The Morgan fingerprint density at radius 3 is 2.65 bits per heavy atom. The molecule has 0 spiro atoms. The van der Waals surface area contributed by atoms with Crippen LogP contribution in [0.3, 0.4) is 0 Å². The molecule has 1 aromatic carbocycles. The average Bonchev–Trinajstić information content (AvgIpc) is 2.56. The number of pyridine rings is 1. The zero-order valence-corrected chi connectivity index (χ0v) is 14.4. The van der Waals surface area contributed by atoms with Crippen LogP contribution >= 0.6 is 0 Å². The molecule has 23 heavy (non-hydrogen) atoms. The summed E-state index contributed by atoms with van der Waals surface area (Å²) in [5.74, 6) is -0.179. The molecule has 0 aliphatic carbocycles. The number of hydrogen-bond donors (Lipinski definition) is 1. The zero-order valence-electron chi connectivity index (χ0n) is 14.4. The molecule has 0 atom stereocenters. The molecule has 1 aromatic heterocycles. The van der Waals surface area contributed by atoms with Crippen LogP contribution in [0, 0.1) is 13.8 Å². The maximum Gasteiger partial charge on any atom is 0.274 e. The first kappa shape index (κ1) is 17.0. The van der Waals surface area contributed by atoms with Gasteiger partial charge in [-0.3, -0.25) is 4.79 Å². The number of amides is 1. The lowest BCUT2D eigenvalue weighted by Crippen LogP contribution is -2.19. The number of anilines is 2. The van der Waals surface area contributed by atoms with E-state index in [-0.39, 0.29) is 5.91 Å². The quantitative estimate of drug-likeness (QED) is 0.870. The van der Waals surface area contributed by atoms with E-state index in [1.165, 1.54) is 0 Å². The van der Waals surface area contributed by atoms with Gasteiger partial charge in [-0.1, -0.05) is 25.5 Å². The van der Waals surface area contributed by atoms with Gasteiger partial charge >= 0.3 is 0 Å². The number of benzene rings is 1. The van der Waals surface area contributed by atoms with Crippen LogP contribution in [0.2, 0.25) is 0 Å². The smallest absolute Gasteiger partial charge is 0.274 e. The Morgan fingerprint density at radius 2 is 2.00 bits per heavy atom. The maximum atomic E-state index is 12.3. The first-order valence-electron chi connectivity index (χ1n) is 8.07. The van der Waals surface area contributed by atoms with Crippen LogP contribution in [0.1, 0.15) is 41.4 Å². The molecule has 1 N–H and O–H groups in total. The normalized spacial score (nSPS) is 10.4. The van der Waals surface area contributed by atoms with Gasteiger partial charge in [0.1, 0.15) is 5.69 Å². The number of nitrogens with zero attached hydrogens (tertiary/aromatic N) is 2. The van der Waals surface area contributed by atoms with E-state index in [4.69, 9.17) is 0 Å². The van der Waals surface area contributed by atoms with Crippen LogP contribution in [-0.4, -0.2) is 24.5 Å². The number of aryl methyl sites for hydroxylation is 2. The summed E-state index contributed by atoms with van der Waals surface area (Å²) < 4.78 is 0. The van der Waals surface area contributed by atoms with Crippen molar-refractivity contribution >= 4 is 17.3 Å².